The second-order valence-electron chi connectivity index (χ2n) is 5.96. The Kier molecular flexibility index (Phi) is 7.31. The molecule has 1 saturated heterocycles. The molecule has 1 fully saturated rings. The first-order valence-electron chi connectivity index (χ1n) is 8.23. The van der Waals surface area contributed by atoms with E-state index in [1.807, 2.05) is 35.2 Å². The third-order valence-electron chi connectivity index (χ3n) is 4.25. The predicted molar refractivity (Wildman–Crippen MR) is 97.6 cm³/mol. The molecule has 0 aliphatic carbocycles. The number of piperazine rings is 1. The summed E-state index contributed by atoms with van der Waals surface area (Å²) < 4.78 is 5.22. The number of hydrogen-bond donors (Lipinski definition) is 2. The van der Waals surface area contributed by atoms with E-state index in [-0.39, 0.29) is 18.4 Å². The molecule has 1 unspecified atom stereocenters. The van der Waals surface area contributed by atoms with E-state index in [4.69, 9.17) is 4.42 Å². The Hall–Kier alpha value is -2.02. The smallest absolute Gasteiger partial charge is 0.317 e. The van der Waals surface area contributed by atoms with Crippen molar-refractivity contribution in [3.05, 3.63) is 60.1 Å². The molecule has 2 aromatic rings. The fraction of sp³-hybridized carbons (Fsp3) is 0.389. The molecule has 1 aromatic carbocycles. The summed E-state index contributed by atoms with van der Waals surface area (Å²) >= 11 is 0. The number of benzene rings is 1. The third kappa shape index (κ3) is 5.49. The highest BCUT2D eigenvalue weighted by molar-refractivity contribution is 5.85. The SMILES string of the molecule is Cl.O=C(NCc1ccccc1)N1CCN(CC(O)c2ccco2)CC1. The van der Waals surface area contributed by atoms with Crippen molar-refractivity contribution in [1.29, 1.82) is 0 Å². The van der Waals surface area contributed by atoms with Crippen LogP contribution >= 0.6 is 12.4 Å². The molecule has 1 aliphatic rings. The van der Waals surface area contributed by atoms with Crippen LogP contribution in [0.4, 0.5) is 4.79 Å². The number of aliphatic hydroxyl groups is 1. The lowest BCUT2D eigenvalue weighted by Crippen LogP contribution is -2.52. The summed E-state index contributed by atoms with van der Waals surface area (Å²) in [5.74, 6) is 0.582. The van der Waals surface area contributed by atoms with Crippen LogP contribution in [0.2, 0.25) is 0 Å². The Labute approximate surface area is 153 Å². The minimum atomic E-state index is -0.626. The zero-order valence-electron chi connectivity index (χ0n) is 14.0. The molecule has 2 N–H and O–H groups in total. The van der Waals surface area contributed by atoms with Crippen LogP contribution in [0.25, 0.3) is 0 Å². The number of aliphatic hydroxyl groups excluding tert-OH is 1. The molecule has 0 saturated carbocycles. The van der Waals surface area contributed by atoms with Crippen LogP contribution in [0.1, 0.15) is 17.4 Å². The molecule has 2 amide bonds. The maximum absolute atomic E-state index is 12.2. The summed E-state index contributed by atoms with van der Waals surface area (Å²) in [4.78, 5) is 16.2. The van der Waals surface area contributed by atoms with Crippen molar-refractivity contribution >= 4 is 18.4 Å². The number of rotatable bonds is 5. The number of carbonyl (C=O) groups is 1. The highest BCUT2D eigenvalue weighted by Gasteiger charge is 2.23. The first-order chi connectivity index (χ1) is 11.7. The van der Waals surface area contributed by atoms with Crippen molar-refractivity contribution in [1.82, 2.24) is 15.1 Å². The third-order valence-corrected chi connectivity index (χ3v) is 4.25. The quantitative estimate of drug-likeness (QED) is 0.852. The Balaban J connectivity index is 0.00000225. The summed E-state index contributed by atoms with van der Waals surface area (Å²) in [7, 11) is 0. The molecule has 0 bridgehead atoms. The molecule has 2 heterocycles. The molecule has 25 heavy (non-hydrogen) atoms. The zero-order chi connectivity index (χ0) is 16.8. The number of nitrogens with zero attached hydrogens (tertiary/aromatic N) is 2. The van der Waals surface area contributed by atoms with Crippen molar-refractivity contribution < 1.29 is 14.3 Å². The van der Waals surface area contributed by atoms with E-state index in [1.165, 1.54) is 0 Å². The van der Waals surface area contributed by atoms with Gasteiger partial charge in [0, 0.05) is 39.3 Å². The first kappa shape index (κ1) is 19.3. The van der Waals surface area contributed by atoms with E-state index < -0.39 is 6.10 Å². The fourth-order valence-electron chi connectivity index (χ4n) is 2.83. The molecule has 136 valence electrons. The second-order valence-corrected chi connectivity index (χ2v) is 5.96. The number of hydrogen-bond acceptors (Lipinski definition) is 4. The van der Waals surface area contributed by atoms with Crippen LogP contribution in [0.3, 0.4) is 0 Å². The van der Waals surface area contributed by atoms with Gasteiger partial charge in [-0.1, -0.05) is 30.3 Å². The molecular weight excluding hydrogens is 342 g/mol. The highest BCUT2D eigenvalue weighted by atomic mass is 35.5. The summed E-state index contributed by atoms with van der Waals surface area (Å²) in [6.45, 7) is 3.87. The monoisotopic (exact) mass is 365 g/mol. The Morgan fingerprint density at radius 3 is 2.48 bits per heavy atom. The number of β-amino-alcohol motifs (C(OH)–C–C–N with tert-alkyl or cyclic N) is 1. The lowest BCUT2D eigenvalue weighted by Gasteiger charge is -2.35. The maximum atomic E-state index is 12.2. The van der Waals surface area contributed by atoms with Crippen molar-refractivity contribution in [2.24, 2.45) is 0 Å². The number of carbonyl (C=O) groups excluding carboxylic acids is 1. The molecule has 1 atom stereocenters. The van der Waals surface area contributed by atoms with Gasteiger partial charge in [0.15, 0.2) is 0 Å². The maximum Gasteiger partial charge on any atom is 0.317 e. The normalized spacial score (nSPS) is 16.1. The number of amides is 2. The van der Waals surface area contributed by atoms with E-state index in [2.05, 4.69) is 10.2 Å². The molecular formula is C18H24ClN3O3. The minimum absolute atomic E-state index is 0. The Morgan fingerprint density at radius 2 is 1.84 bits per heavy atom. The molecule has 7 heteroatoms. The second kappa shape index (κ2) is 9.46. The lowest BCUT2D eigenvalue weighted by atomic mass is 10.2. The van der Waals surface area contributed by atoms with Crippen LogP contribution in [-0.4, -0.2) is 53.7 Å². The fourth-order valence-corrected chi connectivity index (χ4v) is 2.83. The molecule has 3 rings (SSSR count). The van der Waals surface area contributed by atoms with Crippen LogP contribution in [0.5, 0.6) is 0 Å². The van der Waals surface area contributed by atoms with Crippen LogP contribution in [-0.2, 0) is 6.54 Å². The van der Waals surface area contributed by atoms with Gasteiger partial charge < -0.3 is 19.7 Å². The van der Waals surface area contributed by atoms with E-state index in [0.717, 1.165) is 18.7 Å². The average Bonchev–Trinajstić information content (AvgIpc) is 3.16. The van der Waals surface area contributed by atoms with Crippen LogP contribution in [0, 0.1) is 0 Å². The highest BCUT2D eigenvalue weighted by Crippen LogP contribution is 2.15. The number of halogens is 1. The minimum Gasteiger partial charge on any atom is -0.467 e. The van der Waals surface area contributed by atoms with Gasteiger partial charge >= 0.3 is 6.03 Å². The van der Waals surface area contributed by atoms with E-state index >= 15 is 0 Å². The standard InChI is InChI=1S/C18H23N3O3.ClH/c22-16(17-7-4-12-24-17)14-20-8-10-21(11-9-20)18(23)19-13-15-5-2-1-3-6-15;/h1-7,12,16,22H,8-11,13-14H2,(H,19,23);1H. The van der Waals surface area contributed by atoms with Crippen molar-refractivity contribution in [2.45, 2.75) is 12.6 Å². The van der Waals surface area contributed by atoms with Gasteiger partial charge in [-0.2, -0.15) is 0 Å². The zero-order valence-corrected chi connectivity index (χ0v) is 14.8. The lowest BCUT2D eigenvalue weighted by molar-refractivity contribution is 0.0691. The summed E-state index contributed by atoms with van der Waals surface area (Å²) in [6.07, 6.45) is 0.937. The largest absolute Gasteiger partial charge is 0.467 e. The summed E-state index contributed by atoms with van der Waals surface area (Å²) in [6, 6.07) is 13.4. The number of urea groups is 1. The summed E-state index contributed by atoms with van der Waals surface area (Å²) in [5.41, 5.74) is 1.09. The van der Waals surface area contributed by atoms with Gasteiger partial charge in [-0.25, -0.2) is 4.79 Å². The molecule has 1 aliphatic heterocycles. The molecule has 0 radical (unpaired) electrons. The number of furan rings is 1. The van der Waals surface area contributed by atoms with E-state index in [9.17, 15) is 9.90 Å². The summed E-state index contributed by atoms with van der Waals surface area (Å²) in [5, 5.41) is 13.1. The molecule has 0 spiro atoms. The van der Waals surface area contributed by atoms with E-state index in [1.54, 1.807) is 18.4 Å². The Morgan fingerprint density at radius 1 is 1.12 bits per heavy atom. The van der Waals surface area contributed by atoms with Crippen LogP contribution < -0.4 is 5.32 Å². The van der Waals surface area contributed by atoms with Gasteiger partial charge in [0.2, 0.25) is 0 Å². The van der Waals surface area contributed by atoms with Crippen molar-refractivity contribution in [3.63, 3.8) is 0 Å². The van der Waals surface area contributed by atoms with Crippen LogP contribution in [0.15, 0.2) is 53.1 Å². The molecule has 6 nitrogen and oxygen atoms in total. The average molecular weight is 366 g/mol. The van der Waals surface area contributed by atoms with E-state index in [0.29, 0.717) is 31.9 Å². The molecule has 1 aromatic heterocycles. The van der Waals surface area contributed by atoms with Crippen molar-refractivity contribution in [2.75, 3.05) is 32.7 Å². The predicted octanol–water partition coefficient (Wildman–Crippen LogP) is 2.26. The van der Waals surface area contributed by atoms with Gasteiger partial charge in [-0.15, -0.1) is 12.4 Å². The Bertz CT molecular complexity index is 628. The van der Waals surface area contributed by atoms with Gasteiger partial charge in [-0.05, 0) is 17.7 Å². The first-order valence-corrected chi connectivity index (χ1v) is 8.23. The van der Waals surface area contributed by atoms with Gasteiger partial charge in [0.05, 0.1) is 6.26 Å². The van der Waals surface area contributed by atoms with Gasteiger partial charge in [-0.3, -0.25) is 4.90 Å². The van der Waals surface area contributed by atoms with Crippen molar-refractivity contribution in [3.8, 4) is 0 Å². The van der Waals surface area contributed by atoms with Gasteiger partial charge in [0.1, 0.15) is 11.9 Å². The van der Waals surface area contributed by atoms with Gasteiger partial charge in [0.25, 0.3) is 0 Å². The topological polar surface area (TPSA) is 69.0 Å². The number of nitrogens with one attached hydrogen (secondary N) is 1.